The number of aliphatic hydroxyl groups excluding tert-OH is 2. The Labute approximate surface area is 345 Å². The summed E-state index contributed by atoms with van der Waals surface area (Å²) in [6.07, 6.45) is 52.2. The van der Waals surface area contributed by atoms with Crippen molar-refractivity contribution >= 4 is 12.0 Å². The third kappa shape index (κ3) is 31.7. The Morgan fingerprint density at radius 2 is 1.07 bits per heavy atom. The number of carbonyl (C=O) groups is 2. The molecule has 0 unspecified atom stereocenters. The molecular formula is C49H88N2O5. The molecule has 7 nitrogen and oxygen atoms in total. The zero-order chi connectivity index (χ0) is 40.6. The summed E-state index contributed by atoms with van der Waals surface area (Å²) in [6.45, 7) is 5.24. The number of alkyl carbamates (subject to hydrolysis) is 1. The monoisotopic (exact) mass is 785 g/mol. The van der Waals surface area contributed by atoms with Gasteiger partial charge in [-0.05, 0) is 109 Å². The van der Waals surface area contributed by atoms with Crippen molar-refractivity contribution in [3.63, 3.8) is 0 Å². The van der Waals surface area contributed by atoms with E-state index in [2.05, 4.69) is 67.8 Å². The summed E-state index contributed by atoms with van der Waals surface area (Å²) < 4.78 is 5.96. The molecule has 2 atom stereocenters. The Hall–Kier alpha value is -2.38. The molecule has 56 heavy (non-hydrogen) atoms. The van der Waals surface area contributed by atoms with Gasteiger partial charge in [-0.3, -0.25) is 4.79 Å². The number of hydrogen-bond acceptors (Lipinski definition) is 5. The normalized spacial score (nSPS) is 16.2. The van der Waals surface area contributed by atoms with Crippen LogP contribution in [0.3, 0.4) is 0 Å². The maximum Gasteiger partial charge on any atom is 0.407 e. The quantitative estimate of drug-likeness (QED) is 0.0428. The molecule has 0 aromatic rings. The van der Waals surface area contributed by atoms with Crippen LogP contribution in [0.15, 0.2) is 48.6 Å². The van der Waals surface area contributed by atoms with Crippen molar-refractivity contribution in [2.45, 2.75) is 231 Å². The SMILES string of the molecule is CCCCC/C=C\C/C=C\CCCCCCCCC(CCCCCCCC/C=C\C/C=C\CCCCC)OC(=O)NCCCCCC(=O)N1C[C@H](O)C[C@H]1CO. The fourth-order valence-electron chi connectivity index (χ4n) is 7.46. The Morgan fingerprint density at radius 1 is 0.625 bits per heavy atom. The number of hydrogen-bond donors (Lipinski definition) is 3. The molecule has 7 heteroatoms. The highest BCUT2D eigenvalue weighted by Gasteiger charge is 2.33. The van der Waals surface area contributed by atoms with E-state index in [0.717, 1.165) is 57.8 Å². The van der Waals surface area contributed by atoms with Crippen LogP contribution in [0, 0.1) is 0 Å². The largest absolute Gasteiger partial charge is 0.446 e. The standard InChI is InChI=1S/C49H88N2O5/c1-3-5-7-9-11-13-15-17-19-21-23-25-27-29-31-34-38-47(39-35-32-30-28-26-24-22-20-18-16-14-12-10-8-6-4-2)56-49(55)50-41-37-33-36-40-48(54)51-43-46(53)42-45(51)44-52/h11-14,17-20,45-47,52-53H,3-10,15-16,21-44H2,1-2H3,(H,50,55)/b13-11-,14-12-,19-17-,20-18-/t45-,46+/m0/s1. The van der Waals surface area contributed by atoms with E-state index in [1.54, 1.807) is 4.90 Å². The fraction of sp³-hybridized carbons (Fsp3) is 0.796. The van der Waals surface area contributed by atoms with E-state index in [1.165, 1.54) is 128 Å². The minimum Gasteiger partial charge on any atom is -0.446 e. The van der Waals surface area contributed by atoms with Gasteiger partial charge in [-0.25, -0.2) is 4.79 Å². The minimum absolute atomic E-state index is 0.0102. The van der Waals surface area contributed by atoms with Crippen molar-refractivity contribution in [3.8, 4) is 0 Å². The van der Waals surface area contributed by atoms with Crippen molar-refractivity contribution in [2.75, 3.05) is 19.7 Å². The first kappa shape index (κ1) is 51.6. The number of ether oxygens (including phenoxy) is 1. The lowest BCUT2D eigenvalue weighted by Crippen LogP contribution is -2.37. The number of aliphatic hydroxyl groups is 2. The third-order valence-corrected chi connectivity index (χ3v) is 11.0. The number of amides is 2. The van der Waals surface area contributed by atoms with Gasteiger partial charge in [0.2, 0.25) is 5.91 Å². The van der Waals surface area contributed by atoms with Gasteiger partial charge in [0.1, 0.15) is 6.10 Å². The van der Waals surface area contributed by atoms with Gasteiger partial charge >= 0.3 is 6.09 Å². The molecule has 1 aliphatic rings. The number of nitrogens with zero attached hydrogens (tertiary/aromatic N) is 1. The summed E-state index contributed by atoms with van der Waals surface area (Å²) in [6, 6.07) is -0.271. The van der Waals surface area contributed by atoms with E-state index in [1.807, 2.05) is 0 Å². The number of rotatable bonds is 38. The zero-order valence-corrected chi connectivity index (χ0v) is 36.5. The molecule has 1 heterocycles. The summed E-state index contributed by atoms with van der Waals surface area (Å²) in [7, 11) is 0. The smallest absolute Gasteiger partial charge is 0.407 e. The van der Waals surface area contributed by atoms with Crippen molar-refractivity contribution in [3.05, 3.63) is 48.6 Å². The van der Waals surface area contributed by atoms with Crippen LogP contribution >= 0.6 is 0 Å². The summed E-state index contributed by atoms with van der Waals surface area (Å²) in [4.78, 5) is 26.9. The maximum atomic E-state index is 12.8. The number of nitrogens with one attached hydrogen (secondary N) is 1. The molecule has 1 fully saturated rings. The molecule has 1 aliphatic heterocycles. The molecule has 0 saturated carbocycles. The summed E-state index contributed by atoms with van der Waals surface area (Å²) in [5.74, 6) is -0.0102. The van der Waals surface area contributed by atoms with E-state index in [0.29, 0.717) is 25.9 Å². The molecular weight excluding hydrogens is 697 g/mol. The van der Waals surface area contributed by atoms with Crippen LogP contribution in [0.4, 0.5) is 4.79 Å². The maximum absolute atomic E-state index is 12.8. The molecule has 0 spiro atoms. The lowest BCUT2D eigenvalue weighted by molar-refractivity contribution is -0.133. The molecule has 3 N–H and O–H groups in total. The molecule has 1 rings (SSSR count). The van der Waals surface area contributed by atoms with Crippen molar-refractivity contribution in [1.82, 2.24) is 10.2 Å². The number of likely N-dealkylation sites (tertiary alicyclic amines) is 1. The zero-order valence-electron chi connectivity index (χ0n) is 36.5. The van der Waals surface area contributed by atoms with Crippen LogP contribution < -0.4 is 5.32 Å². The Balaban J connectivity index is 2.27. The van der Waals surface area contributed by atoms with Gasteiger partial charge < -0.3 is 25.2 Å². The second-order valence-electron chi connectivity index (χ2n) is 16.3. The molecule has 0 bridgehead atoms. The lowest BCUT2D eigenvalue weighted by atomic mass is 10.0. The van der Waals surface area contributed by atoms with Gasteiger partial charge in [-0.2, -0.15) is 0 Å². The molecule has 0 radical (unpaired) electrons. The second kappa shape index (κ2) is 39.4. The first-order valence-corrected chi connectivity index (χ1v) is 23.6. The second-order valence-corrected chi connectivity index (χ2v) is 16.3. The van der Waals surface area contributed by atoms with Gasteiger partial charge in [0, 0.05) is 19.5 Å². The fourth-order valence-corrected chi connectivity index (χ4v) is 7.46. The van der Waals surface area contributed by atoms with Gasteiger partial charge in [-0.1, -0.05) is 146 Å². The minimum atomic E-state index is -0.546. The van der Waals surface area contributed by atoms with Crippen LogP contribution in [-0.4, -0.2) is 65.1 Å². The average molecular weight is 785 g/mol. The van der Waals surface area contributed by atoms with Gasteiger partial charge in [0.15, 0.2) is 0 Å². The van der Waals surface area contributed by atoms with Gasteiger partial charge in [0.05, 0.1) is 18.8 Å². The highest BCUT2D eigenvalue weighted by Crippen LogP contribution is 2.20. The summed E-state index contributed by atoms with van der Waals surface area (Å²) >= 11 is 0. The predicted molar refractivity (Wildman–Crippen MR) is 238 cm³/mol. The number of carbonyl (C=O) groups excluding carboxylic acids is 2. The molecule has 324 valence electrons. The Bertz CT molecular complexity index is 976. The molecule has 0 aromatic carbocycles. The average Bonchev–Trinajstić information content (AvgIpc) is 3.59. The van der Waals surface area contributed by atoms with E-state index in [9.17, 15) is 19.8 Å². The van der Waals surface area contributed by atoms with Crippen molar-refractivity contribution in [2.24, 2.45) is 0 Å². The van der Waals surface area contributed by atoms with E-state index in [4.69, 9.17) is 4.74 Å². The molecule has 2 amide bonds. The highest BCUT2D eigenvalue weighted by molar-refractivity contribution is 5.77. The molecule has 0 aliphatic carbocycles. The Kier molecular flexibility index (Phi) is 36.4. The predicted octanol–water partition coefficient (Wildman–Crippen LogP) is 13.0. The van der Waals surface area contributed by atoms with Crippen LogP contribution in [0.1, 0.15) is 213 Å². The van der Waals surface area contributed by atoms with Crippen LogP contribution in [0.25, 0.3) is 0 Å². The van der Waals surface area contributed by atoms with Crippen LogP contribution in [0.2, 0.25) is 0 Å². The summed E-state index contributed by atoms with van der Waals surface area (Å²) in [5, 5.41) is 22.3. The van der Waals surface area contributed by atoms with Crippen LogP contribution in [-0.2, 0) is 9.53 Å². The van der Waals surface area contributed by atoms with Gasteiger partial charge in [0.25, 0.3) is 0 Å². The van der Waals surface area contributed by atoms with Crippen molar-refractivity contribution < 1.29 is 24.5 Å². The van der Waals surface area contributed by atoms with E-state index >= 15 is 0 Å². The molecule has 1 saturated heterocycles. The number of β-amino-alcohol motifs (C(OH)–C–C–N with tert-alkyl or cyclic N) is 1. The lowest BCUT2D eigenvalue weighted by Gasteiger charge is -2.22. The topological polar surface area (TPSA) is 99.1 Å². The van der Waals surface area contributed by atoms with Crippen molar-refractivity contribution in [1.29, 1.82) is 0 Å². The molecule has 0 aromatic heterocycles. The summed E-state index contributed by atoms with van der Waals surface area (Å²) in [5.41, 5.74) is 0. The van der Waals surface area contributed by atoms with E-state index in [-0.39, 0.29) is 30.8 Å². The first-order valence-electron chi connectivity index (χ1n) is 23.6. The first-order chi connectivity index (χ1) is 27.5. The third-order valence-electron chi connectivity index (χ3n) is 11.0. The highest BCUT2D eigenvalue weighted by atomic mass is 16.6. The van der Waals surface area contributed by atoms with Gasteiger partial charge in [-0.15, -0.1) is 0 Å². The Morgan fingerprint density at radius 3 is 1.55 bits per heavy atom. The van der Waals surface area contributed by atoms with E-state index < -0.39 is 6.10 Å². The number of unbranched alkanes of at least 4 members (excludes halogenated alkanes) is 20. The van der Waals surface area contributed by atoms with Crippen LogP contribution in [0.5, 0.6) is 0 Å². The number of allylic oxidation sites excluding steroid dienone is 8.